The highest BCUT2D eigenvalue weighted by Gasteiger charge is 2.32. The van der Waals surface area contributed by atoms with Gasteiger partial charge in [0.05, 0.1) is 6.04 Å². The smallest absolute Gasteiger partial charge is 0.410 e. The molecule has 2 aromatic rings. The summed E-state index contributed by atoms with van der Waals surface area (Å²) in [4.78, 5) is 16.4. The number of amides is 1. The zero-order chi connectivity index (χ0) is 21.7. The molecule has 0 unspecified atom stereocenters. The van der Waals surface area contributed by atoms with Crippen molar-refractivity contribution < 1.29 is 23.0 Å². The first-order valence-electron chi connectivity index (χ1n) is 10.0. The number of hydrogen-bond acceptors (Lipinski definition) is 4. The SMILES string of the molecule is CC(C)(C)OC(=O)N1CCN(Cc2ccccc2)[C@H](COc2cc(F)cc(F)c2)C1. The minimum atomic E-state index is -0.690. The minimum absolute atomic E-state index is 0.126. The topological polar surface area (TPSA) is 42.0 Å². The van der Waals surface area contributed by atoms with Gasteiger partial charge >= 0.3 is 6.09 Å². The first-order chi connectivity index (χ1) is 14.2. The third-order valence-corrected chi connectivity index (χ3v) is 4.76. The summed E-state index contributed by atoms with van der Waals surface area (Å²) < 4.78 is 38.2. The van der Waals surface area contributed by atoms with Crippen molar-refractivity contribution in [2.24, 2.45) is 0 Å². The molecule has 1 aliphatic heterocycles. The zero-order valence-corrected chi connectivity index (χ0v) is 17.6. The lowest BCUT2D eigenvalue weighted by molar-refractivity contribution is -0.00424. The molecule has 0 bridgehead atoms. The molecule has 0 radical (unpaired) electrons. The van der Waals surface area contributed by atoms with Gasteiger partial charge < -0.3 is 14.4 Å². The monoisotopic (exact) mass is 418 g/mol. The van der Waals surface area contributed by atoms with Gasteiger partial charge in [0.15, 0.2) is 0 Å². The summed E-state index contributed by atoms with van der Waals surface area (Å²) in [7, 11) is 0. The summed E-state index contributed by atoms with van der Waals surface area (Å²) in [5.74, 6) is -1.25. The number of halogens is 2. The van der Waals surface area contributed by atoms with Gasteiger partial charge in [-0.15, -0.1) is 0 Å². The maximum atomic E-state index is 13.5. The summed E-state index contributed by atoms with van der Waals surface area (Å²) in [5.41, 5.74) is 0.564. The maximum Gasteiger partial charge on any atom is 0.410 e. The zero-order valence-electron chi connectivity index (χ0n) is 17.6. The molecule has 3 rings (SSSR count). The lowest BCUT2D eigenvalue weighted by Crippen LogP contribution is -2.57. The fraction of sp³-hybridized carbons (Fsp3) is 0.435. The lowest BCUT2D eigenvalue weighted by atomic mass is 10.1. The molecule has 0 aliphatic carbocycles. The van der Waals surface area contributed by atoms with Gasteiger partial charge in [-0.1, -0.05) is 30.3 Å². The third kappa shape index (κ3) is 6.42. The van der Waals surface area contributed by atoms with Gasteiger partial charge in [0.2, 0.25) is 0 Å². The van der Waals surface area contributed by atoms with E-state index < -0.39 is 17.2 Å². The molecular formula is C23H28F2N2O3. The fourth-order valence-electron chi connectivity index (χ4n) is 3.37. The second kappa shape index (κ2) is 9.43. The van der Waals surface area contributed by atoms with Gasteiger partial charge in [-0.25, -0.2) is 13.6 Å². The predicted molar refractivity (Wildman–Crippen MR) is 110 cm³/mol. The average Bonchev–Trinajstić information content (AvgIpc) is 2.66. The van der Waals surface area contributed by atoms with Crippen molar-refractivity contribution in [2.75, 3.05) is 26.2 Å². The molecule has 0 aromatic heterocycles. The number of ether oxygens (including phenoxy) is 2. The summed E-state index contributed by atoms with van der Waals surface area (Å²) in [5, 5.41) is 0. The lowest BCUT2D eigenvalue weighted by Gasteiger charge is -2.41. The molecule has 30 heavy (non-hydrogen) atoms. The highest BCUT2D eigenvalue weighted by molar-refractivity contribution is 5.68. The molecule has 1 saturated heterocycles. The Hall–Kier alpha value is -2.67. The first-order valence-corrected chi connectivity index (χ1v) is 10.0. The van der Waals surface area contributed by atoms with Crippen LogP contribution < -0.4 is 4.74 Å². The van der Waals surface area contributed by atoms with Gasteiger partial charge in [-0.05, 0) is 26.3 Å². The van der Waals surface area contributed by atoms with E-state index >= 15 is 0 Å². The molecule has 0 N–H and O–H groups in total. The summed E-state index contributed by atoms with van der Waals surface area (Å²) in [6.07, 6.45) is -0.372. The van der Waals surface area contributed by atoms with Crippen LogP contribution in [0.5, 0.6) is 5.75 Å². The van der Waals surface area contributed by atoms with E-state index in [-0.39, 0.29) is 24.5 Å². The molecule has 1 heterocycles. The number of carbonyl (C=O) groups is 1. The van der Waals surface area contributed by atoms with Crippen LogP contribution in [-0.2, 0) is 11.3 Å². The third-order valence-electron chi connectivity index (χ3n) is 4.76. The van der Waals surface area contributed by atoms with Gasteiger partial charge in [0.25, 0.3) is 0 Å². The van der Waals surface area contributed by atoms with Crippen molar-refractivity contribution in [3.05, 3.63) is 65.7 Å². The van der Waals surface area contributed by atoms with E-state index in [2.05, 4.69) is 4.90 Å². The Morgan fingerprint density at radius 2 is 1.73 bits per heavy atom. The number of hydrogen-bond donors (Lipinski definition) is 0. The Morgan fingerprint density at radius 3 is 2.37 bits per heavy atom. The fourth-order valence-corrected chi connectivity index (χ4v) is 3.37. The van der Waals surface area contributed by atoms with Crippen LogP contribution in [0, 0.1) is 11.6 Å². The highest BCUT2D eigenvalue weighted by atomic mass is 19.1. The molecule has 0 saturated carbocycles. The molecule has 1 fully saturated rings. The Morgan fingerprint density at radius 1 is 1.07 bits per heavy atom. The second-order valence-electron chi connectivity index (χ2n) is 8.45. The number of rotatable bonds is 5. The van der Waals surface area contributed by atoms with E-state index in [0.29, 0.717) is 26.2 Å². The second-order valence-corrected chi connectivity index (χ2v) is 8.45. The standard InChI is InChI=1S/C23H28F2N2O3/c1-23(2,3)30-22(28)27-10-9-26(14-17-7-5-4-6-8-17)20(15-27)16-29-21-12-18(24)11-19(25)13-21/h4-8,11-13,20H,9-10,14-16H2,1-3H3/t20-/m0/s1. The molecule has 0 spiro atoms. The first kappa shape index (κ1) is 22.0. The van der Waals surface area contributed by atoms with Crippen LogP contribution >= 0.6 is 0 Å². The van der Waals surface area contributed by atoms with Crippen LogP contribution in [0.2, 0.25) is 0 Å². The van der Waals surface area contributed by atoms with E-state index in [4.69, 9.17) is 9.47 Å². The Kier molecular flexibility index (Phi) is 6.92. The van der Waals surface area contributed by atoms with Gasteiger partial charge in [-0.2, -0.15) is 0 Å². The molecule has 1 atom stereocenters. The van der Waals surface area contributed by atoms with Crippen LogP contribution in [0.25, 0.3) is 0 Å². The Labute approximate surface area is 176 Å². The minimum Gasteiger partial charge on any atom is -0.492 e. The van der Waals surface area contributed by atoms with Crippen molar-refractivity contribution in [3.8, 4) is 5.75 Å². The molecule has 7 heteroatoms. The summed E-state index contributed by atoms with van der Waals surface area (Å²) in [6, 6.07) is 13.0. The normalized spacial score (nSPS) is 17.6. The van der Waals surface area contributed by atoms with Crippen LogP contribution in [0.4, 0.5) is 13.6 Å². The summed E-state index contributed by atoms with van der Waals surface area (Å²) in [6.45, 7) is 7.94. The van der Waals surface area contributed by atoms with Crippen molar-refractivity contribution >= 4 is 6.09 Å². The predicted octanol–water partition coefficient (Wildman–Crippen LogP) is 4.47. The van der Waals surface area contributed by atoms with Gasteiger partial charge in [-0.3, -0.25) is 4.90 Å². The Bertz CT molecular complexity index is 835. The van der Waals surface area contributed by atoms with Crippen molar-refractivity contribution in [1.82, 2.24) is 9.80 Å². The van der Waals surface area contributed by atoms with Crippen molar-refractivity contribution in [2.45, 2.75) is 39.0 Å². The van der Waals surface area contributed by atoms with Crippen molar-refractivity contribution in [3.63, 3.8) is 0 Å². The molecule has 2 aromatic carbocycles. The molecule has 5 nitrogen and oxygen atoms in total. The number of benzene rings is 2. The van der Waals surface area contributed by atoms with Crippen LogP contribution in [0.15, 0.2) is 48.5 Å². The van der Waals surface area contributed by atoms with Gasteiger partial charge in [0, 0.05) is 44.4 Å². The van der Waals surface area contributed by atoms with E-state index in [1.807, 2.05) is 51.1 Å². The van der Waals surface area contributed by atoms with E-state index in [9.17, 15) is 13.6 Å². The average molecular weight is 418 g/mol. The largest absolute Gasteiger partial charge is 0.492 e. The highest BCUT2D eigenvalue weighted by Crippen LogP contribution is 2.20. The van der Waals surface area contributed by atoms with Crippen LogP contribution in [-0.4, -0.2) is 53.8 Å². The van der Waals surface area contributed by atoms with Crippen molar-refractivity contribution in [1.29, 1.82) is 0 Å². The quantitative estimate of drug-likeness (QED) is 0.719. The van der Waals surface area contributed by atoms with E-state index in [1.54, 1.807) is 4.90 Å². The van der Waals surface area contributed by atoms with Crippen LogP contribution in [0.1, 0.15) is 26.3 Å². The molecule has 1 aliphatic rings. The number of piperazine rings is 1. The maximum absolute atomic E-state index is 13.5. The molecular weight excluding hydrogens is 390 g/mol. The molecule has 1 amide bonds. The Balaban J connectivity index is 1.71. The number of carbonyl (C=O) groups excluding carboxylic acids is 1. The van der Waals surface area contributed by atoms with E-state index in [0.717, 1.165) is 23.8 Å². The van der Waals surface area contributed by atoms with Crippen LogP contribution in [0.3, 0.4) is 0 Å². The molecule has 162 valence electrons. The number of nitrogens with zero attached hydrogens (tertiary/aromatic N) is 2. The van der Waals surface area contributed by atoms with E-state index in [1.165, 1.54) is 0 Å². The van der Waals surface area contributed by atoms with Gasteiger partial charge in [0.1, 0.15) is 29.6 Å². The summed E-state index contributed by atoms with van der Waals surface area (Å²) >= 11 is 0.